The maximum Gasteiger partial charge on any atom is 0.299 e. The number of fused-ring (bicyclic) bond motifs is 1. The van der Waals surface area contributed by atoms with Crippen molar-refractivity contribution in [3.63, 3.8) is 0 Å². The number of carbonyl (C=O) groups excluding carboxylic acids is 1. The fourth-order valence-electron chi connectivity index (χ4n) is 8.52. The zero-order valence-corrected chi connectivity index (χ0v) is 21.9. The van der Waals surface area contributed by atoms with Crippen LogP contribution in [0.3, 0.4) is 0 Å². The van der Waals surface area contributed by atoms with Gasteiger partial charge in [0.05, 0.1) is 12.6 Å². The molecule has 37 heavy (non-hydrogen) atoms. The molecule has 7 rings (SSSR count). The Morgan fingerprint density at radius 2 is 1.78 bits per heavy atom. The van der Waals surface area contributed by atoms with Crippen LogP contribution >= 0.6 is 0 Å². The van der Waals surface area contributed by atoms with E-state index in [1.54, 1.807) is 0 Å². The molecule has 1 N–H and O–H groups in total. The van der Waals surface area contributed by atoms with Crippen LogP contribution in [0.25, 0.3) is 4.85 Å². The fraction of sp³-hybridized carbons (Fsp3) is 0.515. The van der Waals surface area contributed by atoms with Gasteiger partial charge in [-0.05, 0) is 98.3 Å². The second-order valence-electron chi connectivity index (χ2n) is 12.2. The van der Waals surface area contributed by atoms with Gasteiger partial charge in [-0.1, -0.05) is 55.7 Å². The summed E-state index contributed by atoms with van der Waals surface area (Å²) in [6, 6.07) is 14.5. The molecule has 4 nitrogen and oxygen atoms in total. The van der Waals surface area contributed by atoms with E-state index in [1.807, 2.05) is 23.1 Å². The number of unbranched alkanes of at least 4 members (excludes halogenated alkanes) is 1. The van der Waals surface area contributed by atoms with Crippen LogP contribution in [-0.4, -0.2) is 22.4 Å². The van der Waals surface area contributed by atoms with Crippen LogP contribution in [-0.2, 0) is 11.2 Å². The predicted octanol–water partition coefficient (Wildman–Crippen LogP) is 7.28. The Bertz CT molecular complexity index is 1230. The van der Waals surface area contributed by atoms with Gasteiger partial charge in [0.2, 0.25) is 0 Å². The van der Waals surface area contributed by atoms with Gasteiger partial charge in [0.15, 0.2) is 5.69 Å². The van der Waals surface area contributed by atoms with Crippen molar-refractivity contribution in [2.75, 3.05) is 5.32 Å². The molecule has 4 fully saturated rings. The van der Waals surface area contributed by atoms with Crippen LogP contribution in [0.1, 0.15) is 87.4 Å². The molecule has 4 bridgehead atoms. The summed E-state index contributed by atoms with van der Waals surface area (Å²) in [6.45, 7) is 9.67. The van der Waals surface area contributed by atoms with Crippen LogP contribution in [0.5, 0.6) is 0 Å². The van der Waals surface area contributed by atoms with Crippen molar-refractivity contribution in [1.29, 1.82) is 0 Å². The number of rotatable bonds is 6. The molecule has 4 saturated carbocycles. The van der Waals surface area contributed by atoms with E-state index in [4.69, 9.17) is 13.0 Å². The molecule has 5 aliphatic rings. The van der Waals surface area contributed by atoms with Gasteiger partial charge in [0.25, 0.3) is 5.91 Å². The Morgan fingerprint density at radius 3 is 2.38 bits per heavy atom. The highest BCUT2D eigenvalue weighted by Gasteiger charge is 2.51. The fourth-order valence-corrected chi connectivity index (χ4v) is 8.52. The molecule has 0 unspecified atom stereocenters. The van der Waals surface area contributed by atoms with Gasteiger partial charge in [0.1, 0.15) is 0 Å². The van der Waals surface area contributed by atoms with Gasteiger partial charge >= 0.3 is 0 Å². The van der Waals surface area contributed by atoms with E-state index in [0.29, 0.717) is 5.69 Å². The summed E-state index contributed by atoms with van der Waals surface area (Å²) in [4.78, 5) is 18.8. The number of hydrogen-bond donors (Lipinski definition) is 1. The van der Waals surface area contributed by atoms with Gasteiger partial charge in [-0.3, -0.25) is 4.79 Å². The first-order valence-electron chi connectivity index (χ1n) is 14.2. The van der Waals surface area contributed by atoms with Gasteiger partial charge in [-0.25, -0.2) is 4.85 Å². The SMILES string of the molecule is [C-]#[N+]c1ccc2c(c1)C[C@H](CCCC)N(C(=O)C#C)[C@H]2c1ccc(NC23CC4CC(CC(C4)C2)C3)cc1. The molecule has 4 heteroatoms. The molecule has 0 saturated heterocycles. The van der Waals surface area contributed by atoms with E-state index in [0.717, 1.165) is 60.1 Å². The first kappa shape index (κ1) is 24.1. The van der Waals surface area contributed by atoms with E-state index < -0.39 is 0 Å². The molecule has 2 aromatic rings. The lowest BCUT2D eigenvalue weighted by Crippen LogP contribution is -2.54. The summed E-state index contributed by atoms with van der Waals surface area (Å²) in [6.07, 6.45) is 17.7. The zero-order valence-electron chi connectivity index (χ0n) is 21.9. The average molecular weight is 492 g/mol. The maximum absolute atomic E-state index is 13.2. The number of benzene rings is 2. The van der Waals surface area contributed by atoms with Crippen molar-refractivity contribution in [1.82, 2.24) is 4.90 Å². The Kier molecular flexibility index (Phi) is 6.24. The molecule has 190 valence electrons. The Labute approximate surface area is 221 Å². The lowest BCUT2D eigenvalue weighted by Gasteiger charge is -2.57. The first-order valence-corrected chi connectivity index (χ1v) is 14.2. The highest BCUT2D eigenvalue weighted by molar-refractivity contribution is 5.94. The smallest absolute Gasteiger partial charge is 0.299 e. The highest BCUT2D eigenvalue weighted by Crippen LogP contribution is 2.56. The molecule has 1 aliphatic heterocycles. The van der Waals surface area contributed by atoms with Gasteiger partial charge in [-0.15, -0.1) is 6.42 Å². The zero-order chi connectivity index (χ0) is 25.6. The lowest BCUT2D eigenvalue weighted by atomic mass is 9.53. The normalized spacial score (nSPS) is 31.3. The number of carbonyl (C=O) groups is 1. The highest BCUT2D eigenvalue weighted by atomic mass is 16.2. The molecular formula is C33H37N3O. The lowest BCUT2D eigenvalue weighted by molar-refractivity contribution is -0.130. The molecule has 1 amide bonds. The number of anilines is 1. The van der Waals surface area contributed by atoms with Gasteiger partial charge in [0, 0.05) is 17.3 Å². The van der Waals surface area contributed by atoms with Crippen molar-refractivity contribution >= 4 is 17.3 Å². The third-order valence-electron chi connectivity index (χ3n) is 9.60. The molecule has 4 aliphatic carbocycles. The van der Waals surface area contributed by atoms with Crippen LogP contribution in [0.2, 0.25) is 0 Å². The summed E-state index contributed by atoms with van der Waals surface area (Å²) < 4.78 is 0. The molecule has 0 radical (unpaired) electrons. The standard InChI is InChI=1S/C33H37N3O/c1-4-6-7-29-18-26-17-28(34-3)12-13-30(26)32(36(29)31(37)5-2)25-8-10-27(11-9-25)35-33-19-22-14-23(20-33)16-24(15-22)21-33/h2,8-13,17,22-24,29,32,35H,4,6-7,14-16,18-21H2,1H3/t22?,23?,24?,29-,32-,33?/m0/s1. The predicted molar refractivity (Wildman–Crippen MR) is 148 cm³/mol. The van der Waals surface area contributed by atoms with E-state index in [9.17, 15) is 4.79 Å². The van der Waals surface area contributed by atoms with Crippen molar-refractivity contribution in [2.24, 2.45) is 17.8 Å². The second-order valence-corrected chi connectivity index (χ2v) is 12.2. The second kappa shape index (κ2) is 9.57. The summed E-state index contributed by atoms with van der Waals surface area (Å²) in [5, 5.41) is 3.99. The van der Waals surface area contributed by atoms with Gasteiger partial charge in [-0.2, -0.15) is 0 Å². The van der Waals surface area contributed by atoms with E-state index in [1.165, 1.54) is 44.2 Å². The van der Waals surface area contributed by atoms with Crippen LogP contribution in [0.4, 0.5) is 11.4 Å². The number of amides is 1. The Hall–Kier alpha value is -3.24. The number of hydrogen-bond acceptors (Lipinski definition) is 2. The summed E-state index contributed by atoms with van der Waals surface area (Å²) in [7, 11) is 0. The minimum Gasteiger partial charge on any atom is -0.380 e. The average Bonchev–Trinajstić information content (AvgIpc) is 2.89. The third kappa shape index (κ3) is 4.42. The topological polar surface area (TPSA) is 36.7 Å². The minimum atomic E-state index is -0.248. The molecule has 1 heterocycles. The number of nitrogens with one attached hydrogen (secondary N) is 1. The van der Waals surface area contributed by atoms with Gasteiger partial charge < -0.3 is 10.2 Å². The van der Waals surface area contributed by atoms with E-state index in [2.05, 4.69) is 47.3 Å². The first-order chi connectivity index (χ1) is 18.0. The van der Waals surface area contributed by atoms with E-state index >= 15 is 0 Å². The van der Waals surface area contributed by atoms with Crippen molar-refractivity contribution in [2.45, 2.75) is 88.8 Å². The van der Waals surface area contributed by atoms with Crippen molar-refractivity contribution in [3.8, 4) is 12.3 Å². The largest absolute Gasteiger partial charge is 0.380 e. The Morgan fingerprint density at radius 1 is 1.11 bits per heavy atom. The monoisotopic (exact) mass is 491 g/mol. The quantitative estimate of drug-likeness (QED) is 0.340. The molecule has 0 aromatic heterocycles. The van der Waals surface area contributed by atoms with Crippen molar-refractivity contribution < 1.29 is 4.79 Å². The van der Waals surface area contributed by atoms with E-state index in [-0.39, 0.29) is 23.5 Å². The van der Waals surface area contributed by atoms with Crippen molar-refractivity contribution in [3.05, 3.63) is 70.6 Å². The maximum atomic E-state index is 13.2. The molecular weight excluding hydrogens is 454 g/mol. The summed E-state index contributed by atoms with van der Waals surface area (Å²) in [5.41, 5.74) is 5.43. The summed E-state index contributed by atoms with van der Waals surface area (Å²) in [5.74, 6) is 4.88. The Balaban J connectivity index is 1.33. The molecule has 0 spiro atoms. The van der Waals surface area contributed by atoms with Crippen LogP contribution in [0.15, 0.2) is 42.5 Å². The van der Waals surface area contributed by atoms with Crippen LogP contribution in [0, 0.1) is 36.7 Å². The minimum absolute atomic E-state index is 0.0341. The molecule has 2 atom stereocenters. The number of nitrogens with zero attached hydrogens (tertiary/aromatic N) is 2. The molecule has 2 aromatic carbocycles. The summed E-state index contributed by atoms with van der Waals surface area (Å²) >= 11 is 0. The number of terminal acetylenes is 1. The third-order valence-corrected chi connectivity index (χ3v) is 9.60. The van der Waals surface area contributed by atoms with Crippen LogP contribution < -0.4 is 5.32 Å².